The third-order valence-electron chi connectivity index (χ3n) is 1.60. The quantitative estimate of drug-likeness (QED) is 0.626. The second-order valence-corrected chi connectivity index (χ2v) is 4.61. The lowest BCUT2D eigenvalue weighted by Gasteiger charge is -2.34. The Bertz CT molecular complexity index is 97.8. The Morgan fingerprint density at radius 2 is 1.40 bits per heavy atom. The van der Waals surface area contributed by atoms with E-state index in [9.17, 15) is 0 Å². The molecule has 0 aliphatic carbocycles. The van der Waals surface area contributed by atoms with Crippen molar-refractivity contribution < 1.29 is 0 Å². The molecule has 1 N–H and O–H groups in total. The number of rotatable bonds is 2. The van der Waals surface area contributed by atoms with Crippen LogP contribution in [-0.2, 0) is 0 Å². The summed E-state index contributed by atoms with van der Waals surface area (Å²) in [5.41, 5.74) is 0.512. The van der Waals surface area contributed by atoms with Crippen LogP contribution in [0.4, 0.5) is 0 Å². The van der Waals surface area contributed by atoms with Gasteiger partial charge < -0.3 is 5.32 Å². The predicted molar refractivity (Wildman–Crippen MR) is 47.3 cm³/mol. The van der Waals surface area contributed by atoms with E-state index in [4.69, 9.17) is 0 Å². The molecule has 10 heavy (non-hydrogen) atoms. The Kier molecular flexibility index (Phi) is 2.90. The molecule has 0 aliphatic rings. The largest absolute Gasteiger partial charge is 0.307 e. The van der Waals surface area contributed by atoms with Crippen LogP contribution >= 0.6 is 0 Å². The average Bonchev–Trinajstić information content (AvgIpc) is 1.60. The first-order valence-electron chi connectivity index (χ1n) is 4.06. The third-order valence-corrected chi connectivity index (χ3v) is 1.60. The molecule has 0 aromatic heterocycles. The molecule has 0 saturated carbocycles. The highest BCUT2D eigenvalue weighted by molar-refractivity contribution is 4.83. The maximum atomic E-state index is 3.55. The molecule has 0 radical (unpaired) electrons. The summed E-state index contributed by atoms with van der Waals surface area (Å²) < 4.78 is 0. The summed E-state index contributed by atoms with van der Waals surface area (Å²) in [7, 11) is 0. The zero-order valence-corrected chi connectivity index (χ0v) is 8.21. The number of nitrogens with one attached hydrogen (secondary N) is 1. The molecule has 0 fully saturated rings. The van der Waals surface area contributed by atoms with Gasteiger partial charge in [0.25, 0.3) is 0 Å². The van der Waals surface area contributed by atoms with Gasteiger partial charge in [0, 0.05) is 11.1 Å². The van der Waals surface area contributed by atoms with Crippen molar-refractivity contribution in [2.75, 3.05) is 0 Å². The van der Waals surface area contributed by atoms with Gasteiger partial charge in [-0.05, 0) is 41.0 Å². The van der Waals surface area contributed by atoms with Crippen LogP contribution in [0.3, 0.4) is 0 Å². The molecule has 0 bridgehead atoms. The van der Waals surface area contributed by atoms with Gasteiger partial charge in [0.2, 0.25) is 0 Å². The summed E-state index contributed by atoms with van der Waals surface area (Å²) in [6, 6.07) is 0. The first-order chi connectivity index (χ1) is 4.27. The normalized spacial score (nSPS) is 13.8. The topological polar surface area (TPSA) is 12.0 Å². The van der Waals surface area contributed by atoms with Crippen molar-refractivity contribution in [2.24, 2.45) is 0 Å². The number of hydrogen-bond acceptors (Lipinski definition) is 1. The molecule has 0 atom stereocenters. The average molecular weight is 143 g/mol. The SMILES string of the molecule is CCC(C)(C)NC(C)(C)C. The van der Waals surface area contributed by atoms with Crippen molar-refractivity contribution in [2.45, 2.75) is 59.0 Å². The highest BCUT2D eigenvalue weighted by Crippen LogP contribution is 2.12. The maximum Gasteiger partial charge on any atom is 0.0127 e. The van der Waals surface area contributed by atoms with Crippen LogP contribution in [-0.4, -0.2) is 11.1 Å². The standard InChI is InChI=1S/C9H21N/c1-7-9(5,6)10-8(2,3)4/h10H,7H2,1-6H3. The summed E-state index contributed by atoms with van der Waals surface area (Å²) in [6.07, 6.45) is 1.17. The van der Waals surface area contributed by atoms with Gasteiger partial charge >= 0.3 is 0 Å². The zero-order valence-electron chi connectivity index (χ0n) is 8.21. The molecule has 0 aromatic rings. The fraction of sp³-hybridized carbons (Fsp3) is 1.00. The van der Waals surface area contributed by atoms with Crippen LogP contribution in [0.15, 0.2) is 0 Å². The van der Waals surface area contributed by atoms with Crippen LogP contribution in [0, 0.1) is 0 Å². The zero-order chi connectivity index (χ0) is 8.41. The van der Waals surface area contributed by atoms with Crippen LogP contribution < -0.4 is 5.32 Å². The van der Waals surface area contributed by atoms with Gasteiger partial charge in [0.05, 0.1) is 0 Å². The van der Waals surface area contributed by atoms with E-state index in [0.717, 1.165) is 0 Å². The highest BCUT2D eigenvalue weighted by Gasteiger charge is 2.21. The number of hydrogen-bond donors (Lipinski definition) is 1. The molecular weight excluding hydrogens is 122 g/mol. The molecule has 62 valence electrons. The molecule has 0 heterocycles. The predicted octanol–water partition coefficient (Wildman–Crippen LogP) is 2.56. The minimum atomic E-state index is 0.236. The van der Waals surface area contributed by atoms with Crippen molar-refractivity contribution >= 4 is 0 Å². The lowest BCUT2D eigenvalue weighted by molar-refractivity contribution is 0.275. The van der Waals surface area contributed by atoms with E-state index in [2.05, 4.69) is 46.9 Å². The van der Waals surface area contributed by atoms with E-state index in [0.29, 0.717) is 0 Å². The molecule has 0 amide bonds. The smallest absolute Gasteiger partial charge is 0.0127 e. The molecule has 1 heteroatoms. The maximum absolute atomic E-state index is 3.55. The molecule has 0 aromatic carbocycles. The minimum absolute atomic E-state index is 0.236. The summed E-state index contributed by atoms with van der Waals surface area (Å²) in [5, 5.41) is 3.55. The van der Waals surface area contributed by atoms with E-state index < -0.39 is 0 Å². The van der Waals surface area contributed by atoms with Gasteiger partial charge in [-0.25, -0.2) is 0 Å². The lowest BCUT2D eigenvalue weighted by Crippen LogP contribution is -2.49. The van der Waals surface area contributed by atoms with Crippen molar-refractivity contribution in [3.05, 3.63) is 0 Å². The fourth-order valence-electron chi connectivity index (χ4n) is 1.10. The molecule has 1 nitrogen and oxygen atoms in total. The lowest BCUT2D eigenvalue weighted by atomic mass is 9.96. The van der Waals surface area contributed by atoms with Crippen LogP contribution in [0.2, 0.25) is 0 Å². The molecular formula is C9H21N. The van der Waals surface area contributed by atoms with Crippen LogP contribution in [0.5, 0.6) is 0 Å². The van der Waals surface area contributed by atoms with Gasteiger partial charge in [-0.1, -0.05) is 6.92 Å². The summed E-state index contributed by atoms with van der Waals surface area (Å²) in [5.74, 6) is 0. The fourth-order valence-corrected chi connectivity index (χ4v) is 1.10. The minimum Gasteiger partial charge on any atom is -0.307 e. The molecule has 0 rings (SSSR count). The van der Waals surface area contributed by atoms with E-state index >= 15 is 0 Å². The van der Waals surface area contributed by atoms with Crippen molar-refractivity contribution in [1.82, 2.24) is 5.32 Å². The van der Waals surface area contributed by atoms with Gasteiger partial charge in [0.1, 0.15) is 0 Å². The van der Waals surface area contributed by atoms with Gasteiger partial charge in [-0.2, -0.15) is 0 Å². The highest BCUT2D eigenvalue weighted by atomic mass is 15.0. The Hall–Kier alpha value is -0.0400. The molecule has 0 spiro atoms. The van der Waals surface area contributed by atoms with Crippen molar-refractivity contribution in [3.8, 4) is 0 Å². The summed E-state index contributed by atoms with van der Waals surface area (Å²) >= 11 is 0. The monoisotopic (exact) mass is 143 g/mol. The molecule has 0 aliphatic heterocycles. The van der Waals surface area contributed by atoms with E-state index in [1.807, 2.05) is 0 Å². The third kappa shape index (κ3) is 4.80. The summed E-state index contributed by atoms with van der Waals surface area (Å²) in [6.45, 7) is 13.3. The van der Waals surface area contributed by atoms with Gasteiger partial charge in [-0.15, -0.1) is 0 Å². The Labute approximate surface area is 65.2 Å². The second kappa shape index (κ2) is 2.91. The Balaban J connectivity index is 3.89. The van der Waals surface area contributed by atoms with E-state index in [1.54, 1.807) is 0 Å². The van der Waals surface area contributed by atoms with E-state index in [-0.39, 0.29) is 11.1 Å². The van der Waals surface area contributed by atoms with Gasteiger partial charge in [-0.3, -0.25) is 0 Å². The van der Waals surface area contributed by atoms with Crippen LogP contribution in [0.1, 0.15) is 48.0 Å². The summed E-state index contributed by atoms with van der Waals surface area (Å²) in [4.78, 5) is 0. The Morgan fingerprint density at radius 1 is 1.00 bits per heavy atom. The first kappa shape index (κ1) is 9.96. The second-order valence-electron chi connectivity index (χ2n) is 4.61. The van der Waals surface area contributed by atoms with Crippen molar-refractivity contribution in [3.63, 3.8) is 0 Å². The molecule has 0 saturated heterocycles. The molecule has 0 unspecified atom stereocenters. The first-order valence-corrected chi connectivity index (χ1v) is 4.06. The van der Waals surface area contributed by atoms with Crippen molar-refractivity contribution in [1.29, 1.82) is 0 Å². The van der Waals surface area contributed by atoms with E-state index in [1.165, 1.54) is 6.42 Å². The Morgan fingerprint density at radius 3 is 1.50 bits per heavy atom. The van der Waals surface area contributed by atoms with Gasteiger partial charge in [0.15, 0.2) is 0 Å². The van der Waals surface area contributed by atoms with Crippen LogP contribution in [0.25, 0.3) is 0 Å².